The topological polar surface area (TPSA) is 74.6 Å². The van der Waals surface area contributed by atoms with Crippen molar-refractivity contribution in [3.63, 3.8) is 0 Å². The Morgan fingerprint density at radius 3 is 2.59 bits per heavy atom. The first-order valence-electron chi connectivity index (χ1n) is 10.8. The zero-order chi connectivity index (χ0) is 21.2. The molecule has 0 aliphatic heterocycles. The third-order valence-electron chi connectivity index (χ3n) is 6.82. The number of hydrogen-bond donors (Lipinski definition) is 2. The maximum atomic E-state index is 13.3. The monoisotopic (exact) mass is 418 g/mol. The number of fused-ring (bicyclic) bond motifs is 1. The van der Waals surface area contributed by atoms with Crippen molar-refractivity contribution in [1.29, 1.82) is 0 Å². The minimum atomic E-state index is -3.53. The van der Waals surface area contributed by atoms with Gasteiger partial charge >= 0.3 is 0 Å². The Balaban J connectivity index is 1.77. The summed E-state index contributed by atoms with van der Waals surface area (Å²) in [6.45, 7) is 8.27. The first-order chi connectivity index (χ1) is 13.8. The zero-order valence-corrected chi connectivity index (χ0v) is 18.3. The van der Waals surface area contributed by atoms with Gasteiger partial charge in [0.1, 0.15) is 0 Å². The number of unbranched alkanes of at least 4 members (excludes halogenated alkanes) is 1. The zero-order valence-electron chi connectivity index (χ0n) is 17.4. The predicted molar refractivity (Wildman–Crippen MR) is 116 cm³/mol. The Morgan fingerprint density at radius 2 is 1.93 bits per heavy atom. The second-order valence-corrected chi connectivity index (χ2v) is 10.9. The van der Waals surface area contributed by atoms with Crippen LogP contribution < -0.4 is 0 Å². The van der Waals surface area contributed by atoms with E-state index in [0.29, 0.717) is 17.7 Å². The summed E-state index contributed by atoms with van der Waals surface area (Å²) in [5.41, 5.74) is 0.742. The van der Waals surface area contributed by atoms with Crippen molar-refractivity contribution >= 4 is 9.84 Å². The fourth-order valence-electron chi connectivity index (χ4n) is 5.14. The van der Waals surface area contributed by atoms with E-state index in [4.69, 9.17) is 0 Å². The van der Waals surface area contributed by atoms with Gasteiger partial charge < -0.3 is 10.2 Å². The van der Waals surface area contributed by atoms with E-state index in [1.807, 2.05) is 13.0 Å². The number of aliphatic hydroxyl groups excluding tert-OH is 2. The number of aliphatic hydroxyl groups is 2. The Morgan fingerprint density at radius 1 is 1.24 bits per heavy atom. The second kappa shape index (κ2) is 9.15. The normalized spacial score (nSPS) is 31.9. The van der Waals surface area contributed by atoms with Gasteiger partial charge in [0.25, 0.3) is 0 Å². The van der Waals surface area contributed by atoms with Crippen LogP contribution in [0.15, 0.2) is 59.5 Å². The summed E-state index contributed by atoms with van der Waals surface area (Å²) in [5.74, 6) is -0.0477. The van der Waals surface area contributed by atoms with Gasteiger partial charge in [-0.25, -0.2) is 8.42 Å². The highest BCUT2D eigenvalue weighted by Gasteiger charge is 2.54. The molecule has 4 nitrogen and oxygen atoms in total. The molecule has 2 saturated carbocycles. The van der Waals surface area contributed by atoms with Crippen LogP contribution in [0.1, 0.15) is 46.0 Å². The van der Waals surface area contributed by atoms with Crippen LogP contribution in [-0.4, -0.2) is 36.1 Å². The summed E-state index contributed by atoms with van der Waals surface area (Å²) in [6, 6.07) is 8.54. The molecule has 1 aromatic rings. The highest BCUT2D eigenvalue weighted by molar-refractivity contribution is 7.92. The molecule has 160 valence electrons. The van der Waals surface area contributed by atoms with Crippen LogP contribution in [0, 0.1) is 23.7 Å². The van der Waals surface area contributed by atoms with E-state index in [2.05, 4.69) is 13.5 Å². The van der Waals surface area contributed by atoms with Gasteiger partial charge in [-0.3, -0.25) is 0 Å². The van der Waals surface area contributed by atoms with Crippen molar-refractivity contribution in [2.45, 2.75) is 68.3 Å². The average molecular weight is 419 g/mol. The summed E-state index contributed by atoms with van der Waals surface area (Å²) in [4.78, 5) is 0.320. The number of sulfone groups is 1. The summed E-state index contributed by atoms with van der Waals surface area (Å²) in [7, 11) is -3.53. The molecule has 2 fully saturated rings. The van der Waals surface area contributed by atoms with Crippen molar-refractivity contribution in [1.82, 2.24) is 0 Å². The minimum Gasteiger partial charge on any atom is -0.392 e. The van der Waals surface area contributed by atoms with Crippen LogP contribution in [0.4, 0.5) is 0 Å². The molecule has 0 spiro atoms. The third kappa shape index (κ3) is 4.52. The van der Waals surface area contributed by atoms with Gasteiger partial charge in [-0.1, -0.05) is 69.2 Å². The van der Waals surface area contributed by atoms with E-state index in [1.54, 1.807) is 36.4 Å². The number of benzene rings is 1. The van der Waals surface area contributed by atoms with Gasteiger partial charge in [0.15, 0.2) is 9.84 Å². The molecule has 2 aliphatic carbocycles. The van der Waals surface area contributed by atoms with Crippen LogP contribution in [0.5, 0.6) is 0 Å². The van der Waals surface area contributed by atoms with Gasteiger partial charge in [-0.15, -0.1) is 0 Å². The van der Waals surface area contributed by atoms with Gasteiger partial charge in [-0.2, -0.15) is 0 Å². The summed E-state index contributed by atoms with van der Waals surface area (Å²) < 4.78 is 26.5. The fraction of sp³-hybridized carbons (Fsp3) is 0.583. The lowest BCUT2D eigenvalue weighted by atomic mass is 9.89. The molecule has 1 aromatic carbocycles. The molecule has 3 rings (SSSR count). The lowest BCUT2D eigenvalue weighted by Crippen LogP contribution is -2.27. The van der Waals surface area contributed by atoms with E-state index < -0.39 is 27.3 Å². The van der Waals surface area contributed by atoms with E-state index in [0.717, 1.165) is 24.8 Å². The van der Waals surface area contributed by atoms with Crippen LogP contribution in [-0.2, 0) is 9.84 Å². The molecular weight excluding hydrogens is 384 g/mol. The van der Waals surface area contributed by atoms with Crippen LogP contribution in [0.25, 0.3) is 0 Å². The number of hydrogen-bond acceptors (Lipinski definition) is 4. The molecule has 2 N–H and O–H groups in total. The lowest BCUT2D eigenvalue weighted by molar-refractivity contribution is 0.135. The van der Waals surface area contributed by atoms with Crippen LogP contribution >= 0.6 is 0 Å². The Kier molecular flexibility index (Phi) is 7.02. The average Bonchev–Trinajstić information content (AvgIpc) is 3.17. The van der Waals surface area contributed by atoms with Gasteiger partial charge in [0, 0.05) is 5.92 Å². The molecule has 0 amide bonds. The van der Waals surface area contributed by atoms with Crippen molar-refractivity contribution in [2.75, 3.05) is 0 Å². The molecule has 29 heavy (non-hydrogen) atoms. The second-order valence-electron chi connectivity index (χ2n) is 8.84. The number of rotatable bonds is 8. The Labute approximate surface area is 175 Å². The van der Waals surface area contributed by atoms with E-state index in [1.165, 1.54) is 0 Å². The SMILES string of the molecule is C=C1C[C@H]2[C@H](/C=C/[C@@H](O)C(C)CCCC)[C@H](O)C[C@@H]2C1S(=O)(=O)c1ccccc1. The molecule has 0 bridgehead atoms. The van der Waals surface area contributed by atoms with E-state index >= 15 is 0 Å². The van der Waals surface area contributed by atoms with Crippen LogP contribution in [0.3, 0.4) is 0 Å². The molecule has 2 aliphatic rings. The quantitative estimate of drug-likeness (QED) is 0.622. The maximum absolute atomic E-state index is 13.3. The molecular formula is C24H34O4S. The fourth-order valence-corrected chi connectivity index (χ4v) is 7.28. The smallest absolute Gasteiger partial charge is 0.185 e. The van der Waals surface area contributed by atoms with Gasteiger partial charge in [0.2, 0.25) is 0 Å². The van der Waals surface area contributed by atoms with E-state index in [9.17, 15) is 18.6 Å². The van der Waals surface area contributed by atoms with Gasteiger partial charge in [-0.05, 0) is 49.1 Å². The first-order valence-corrected chi connectivity index (χ1v) is 12.3. The molecule has 0 aromatic heterocycles. The summed E-state index contributed by atoms with van der Waals surface area (Å²) in [6.07, 6.45) is 6.82. The molecule has 5 heteroatoms. The predicted octanol–water partition coefficient (Wildman–Crippen LogP) is 4.15. The molecule has 0 heterocycles. The Bertz CT molecular complexity index is 830. The largest absolute Gasteiger partial charge is 0.392 e. The highest BCUT2D eigenvalue weighted by atomic mass is 32.2. The van der Waals surface area contributed by atoms with Crippen molar-refractivity contribution in [3.8, 4) is 0 Å². The molecule has 7 atom stereocenters. The highest BCUT2D eigenvalue weighted by Crippen LogP contribution is 2.53. The standard InChI is InChI=1S/C24H34O4S/c1-4-5-9-16(2)22(25)13-12-19-20-14-17(3)24(21(20)15-23(19)26)29(27,28)18-10-7-6-8-11-18/h6-8,10-13,16,19-26H,3-5,9,14-15H2,1-2H3/b13-12+/t16?,19-,20-,21-,22+,23+,24?/m0/s1. The Hall–Kier alpha value is -1.43. The first kappa shape index (κ1) is 22.3. The molecule has 0 saturated heterocycles. The molecule has 2 unspecified atom stereocenters. The van der Waals surface area contributed by atoms with Gasteiger partial charge in [0.05, 0.1) is 22.4 Å². The maximum Gasteiger partial charge on any atom is 0.185 e. The minimum absolute atomic E-state index is 0.0513. The van der Waals surface area contributed by atoms with Crippen molar-refractivity contribution < 1.29 is 18.6 Å². The van der Waals surface area contributed by atoms with Crippen LogP contribution in [0.2, 0.25) is 0 Å². The molecule has 0 radical (unpaired) electrons. The third-order valence-corrected chi connectivity index (χ3v) is 9.10. The van der Waals surface area contributed by atoms with Crippen molar-refractivity contribution in [3.05, 3.63) is 54.6 Å². The van der Waals surface area contributed by atoms with Crippen molar-refractivity contribution in [2.24, 2.45) is 23.7 Å². The summed E-state index contributed by atoms with van der Waals surface area (Å²) in [5, 5.41) is 20.5. The van der Waals surface area contributed by atoms with E-state index in [-0.39, 0.29) is 23.7 Å². The lowest BCUT2D eigenvalue weighted by Gasteiger charge is -2.20. The summed E-state index contributed by atoms with van der Waals surface area (Å²) >= 11 is 0.